The first-order chi connectivity index (χ1) is 7.46. The summed E-state index contributed by atoms with van der Waals surface area (Å²) in [5.74, 6) is 0.993. The normalized spacial score (nSPS) is 17.1. The molecular formula is C12H23N3O. The molecule has 0 aromatic carbocycles. The Hall–Kier alpha value is -0.870. The molecule has 0 aliphatic carbocycles. The number of hydrogen-bond donors (Lipinski definition) is 2. The standard InChI is InChI=1S/C12H23N3O/c1-5-6-12(3,16)9-14-10(2)11-13-7-8-15(11)4/h7-8,10,14,16H,5-6,9H2,1-4H3. The lowest BCUT2D eigenvalue weighted by molar-refractivity contribution is 0.0473. The predicted molar refractivity (Wildman–Crippen MR) is 65.2 cm³/mol. The minimum absolute atomic E-state index is 0.156. The lowest BCUT2D eigenvalue weighted by Gasteiger charge is -2.25. The molecule has 2 unspecified atom stereocenters. The van der Waals surface area contributed by atoms with Gasteiger partial charge < -0.3 is 15.0 Å². The van der Waals surface area contributed by atoms with E-state index in [4.69, 9.17) is 0 Å². The summed E-state index contributed by atoms with van der Waals surface area (Å²) in [6.45, 7) is 6.60. The van der Waals surface area contributed by atoms with Crippen LogP contribution in [0.5, 0.6) is 0 Å². The van der Waals surface area contributed by atoms with Crippen molar-refractivity contribution in [1.29, 1.82) is 0 Å². The first-order valence-electron chi connectivity index (χ1n) is 5.89. The van der Waals surface area contributed by atoms with Gasteiger partial charge in [-0.25, -0.2) is 4.98 Å². The third-order valence-electron chi connectivity index (χ3n) is 2.82. The molecule has 92 valence electrons. The fourth-order valence-corrected chi connectivity index (χ4v) is 1.89. The van der Waals surface area contributed by atoms with Crippen LogP contribution in [0.1, 0.15) is 45.5 Å². The van der Waals surface area contributed by atoms with Crippen LogP contribution in [0.15, 0.2) is 12.4 Å². The molecule has 1 aromatic heterocycles. The van der Waals surface area contributed by atoms with Crippen LogP contribution in [0.2, 0.25) is 0 Å². The van der Waals surface area contributed by atoms with Crippen LogP contribution in [-0.4, -0.2) is 26.8 Å². The first-order valence-corrected chi connectivity index (χ1v) is 5.89. The van der Waals surface area contributed by atoms with Crippen LogP contribution in [0.4, 0.5) is 0 Å². The molecule has 4 heteroatoms. The predicted octanol–water partition coefficient (Wildman–Crippen LogP) is 1.62. The maximum atomic E-state index is 10.0. The van der Waals surface area contributed by atoms with Crippen molar-refractivity contribution in [3.8, 4) is 0 Å². The summed E-state index contributed by atoms with van der Waals surface area (Å²) in [6, 6.07) is 0.156. The number of rotatable bonds is 6. The van der Waals surface area contributed by atoms with Crippen LogP contribution >= 0.6 is 0 Å². The Morgan fingerprint density at radius 2 is 2.31 bits per heavy atom. The maximum absolute atomic E-state index is 10.0. The van der Waals surface area contributed by atoms with Crippen LogP contribution in [-0.2, 0) is 7.05 Å². The molecule has 0 bridgehead atoms. The molecule has 4 nitrogen and oxygen atoms in total. The van der Waals surface area contributed by atoms with Crippen molar-refractivity contribution < 1.29 is 5.11 Å². The van der Waals surface area contributed by atoms with Gasteiger partial charge in [-0.3, -0.25) is 0 Å². The van der Waals surface area contributed by atoms with Crippen molar-refractivity contribution >= 4 is 0 Å². The van der Waals surface area contributed by atoms with Crippen molar-refractivity contribution in [2.45, 2.75) is 45.3 Å². The third kappa shape index (κ3) is 3.61. The molecule has 0 saturated carbocycles. The first kappa shape index (κ1) is 13.2. The molecule has 1 aromatic rings. The summed E-state index contributed by atoms with van der Waals surface area (Å²) in [5.41, 5.74) is -0.631. The van der Waals surface area contributed by atoms with E-state index < -0.39 is 5.60 Å². The molecule has 0 saturated heterocycles. The van der Waals surface area contributed by atoms with Crippen LogP contribution < -0.4 is 5.32 Å². The molecule has 1 heterocycles. The number of aromatic nitrogens is 2. The van der Waals surface area contributed by atoms with Gasteiger partial charge in [0.15, 0.2) is 0 Å². The molecule has 0 amide bonds. The fraction of sp³-hybridized carbons (Fsp3) is 0.750. The number of aryl methyl sites for hydroxylation is 1. The van der Waals surface area contributed by atoms with E-state index in [1.165, 1.54) is 0 Å². The Balaban J connectivity index is 2.47. The second kappa shape index (κ2) is 5.46. The van der Waals surface area contributed by atoms with Gasteiger partial charge >= 0.3 is 0 Å². The molecule has 0 aliphatic heterocycles. The van der Waals surface area contributed by atoms with Gasteiger partial charge in [0.05, 0.1) is 11.6 Å². The highest BCUT2D eigenvalue weighted by Gasteiger charge is 2.20. The summed E-state index contributed by atoms with van der Waals surface area (Å²) in [6.07, 6.45) is 5.52. The summed E-state index contributed by atoms with van der Waals surface area (Å²) >= 11 is 0. The Morgan fingerprint density at radius 1 is 1.62 bits per heavy atom. The summed E-state index contributed by atoms with van der Waals surface area (Å²) in [5, 5.41) is 13.4. The number of nitrogens with one attached hydrogen (secondary N) is 1. The van der Waals surface area contributed by atoms with E-state index in [-0.39, 0.29) is 6.04 Å². The second-order valence-electron chi connectivity index (χ2n) is 4.75. The highest BCUT2D eigenvalue weighted by molar-refractivity contribution is 4.97. The minimum atomic E-state index is -0.631. The van der Waals surface area contributed by atoms with Crippen LogP contribution in [0.25, 0.3) is 0 Å². The van der Waals surface area contributed by atoms with E-state index in [1.807, 2.05) is 24.7 Å². The van der Waals surface area contributed by atoms with E-state index in [1.54, 1.807) is 6.20 Å². The summed E-state index contributed by atoms with van der Waals surface area (Å²) in [4.78, 5) is 4.28. The van der Waals surface area contributed by atoms with Gasteiger partial charge in [-0.2, -0.15) is 0 Å². The average molecular weight is 225 g/mol. The zero-order valence-electron chi connectivity index (χ0n) is 10.7. The average Bonchev–Trinajstić information content (AvgIpc) is 2.61. The molecule has 0 spiro atoms. The molecular weight excluding hydrogens is 202 g/mol. The number of hydrogen-bond acceptors (Lipinski definition) is 3. The lowest BCUT2D eigenvalue weighted by atomic mass is 10.0. The lowest BCUT2D eigenvalue weighted by Crippen LogP contribution is -2.39. The molecule has 0 aliphatic rings. The van der Waals surface area contributed by atoms with Gasteiger partial charge in [0, 0.05) is 26.0 Å². The second-order valence-corrected chi connectivity index (χ2v) is 4.75. The van der Waals surface area contributed by atoms with Crippen molar-refractivity contribution in [2.75, 3.05) is 6.54 Å². The molecule has 2 N–H and O–H groups in total. The highest BCUT2D eigenvalue weighted by Crippen LogP contribution is 2.14. The van der Waals surface area contributed by atoms with E-state index in [0.717, 1.165) is 18.7 Å². The van der Waals surface area contributed by atoms with E-state index in [9.17, 15) is 5.11 Å². The summed E-state index contributed by atoms with van der Waals surface area (Å²) < 4.78 is 1.99. The Morgan fingerprint density at radius 3 is 2.81 bits per heavy atom. The minimum Gasteiger partial charge on any atom is -0.389 e. The number of nitrogens with zero attached hydrogens (tertiary/aromatic N) is 2. The smallest absolute Gasteiger partial charge is 0.125 e. The SMILES string of the molecule is CCCC(C)(O)CNC(C)c1nccn1C. The van der Waals surface area contributed by atoms with Crippen molar-refractivity contribution in [3.63, 3.8) is 0 Å². The number of aliphatic hydroxyl groups is 1. The topological polar surface area (TPSA) is 50.1 Å². The molecule has 2 atom stereocenters. The van der Waals surface area contributed by atoms with E-state index in [0.29, 0.717) is 6.54 Å². The largest absolute Gasteiger partial charge is 0.389 e. The highest BCUT2D eigenvalue weighted by atomic mass is 16.3. The van der Waals surface area contributed by atoms with Crippen molar-refractivity contribution in [3.05, 3.63) is 18.2 Å². The Kier molecular flexibility index (Phi) is 4.50. The number of imidazole rings is 1. The van der Waals surface area contributed by atoms with E-state index >= 15 is 0 Å². The van der Waals surface area contributed by atoms with Crippen molar-refractivity contribution in [1.82, 2.24) is 14.9 Å². The van der Waals surface area contributed by atoms with Gasteiger partial charge in [-0.05, 0) is 20.3 Å². The maximum Gasteiger partial charge on any atom is 0.125 e. The van der Waals surface area contributed by atoms with Crippen LogP contribution in [0.3, 0.4) is 0 Å². The summed E-state index contributed by atoms with van der Waals surface area (Å²) in [7, 11) is 1.98. The quantitative estimate of drug-likeness (QED) is 0.773. The van der Waals surface area contributed by atoms with Gasteiger partial charge in [0.25, 0.3) is 0 Å². The molecule has 16 heavy (non-hydrogen) atoms. The van der Waals surface area contributed by atoms with Crippen LogP contribution in [0, 0.1) is 0 Å². The Labute approximate surface area is 97.7 Å². The van der Waals surface area contributed by atoms with Gasteiger partial charge in [-0.15, -0.1) is 0 Å². The zero-order valence-corrected chi connectivity index (χ0v) is 10.7. The van der Waals surface area contributed by atoms with Gasteiger partial charge in [0.1, 0.15) is 5.82 Å². The fourth-order valence-electron chi connectivity index (χ4n) is 1.89. The van der Waals surface area contributed by atoms with E-state index in [2.05, 4.69) is 24.1 Å². The zero-order chi connectivity index (χ0) is 12.2. The van der Waals surface area contributed by atoms with Gasteiger partial charge in [-0.1, -0.05) is 13.3 Å². The third-order valence-corrected chi connectivity index (χ3v) is 2.82. The van der Waals surface area contributed by atoms with Gasteiger partial charge in [0.2, 0.25) is 0 Å². The molecule has 0 radical (unpaired) electrons. The molecule has 1 rings (SSSR count). The molecule has 0 fully saturated rings. The Bertz CT molecular complexity index is 320. The monoisotopic (exact) mass is 225 g/mol. The van der Waals surface area contributed by atoms with Crippen molar-refractivity contribution in [2.24, 2.45) is 7.05 Å².